The summed E-state index contributed by atoms with van der Waals surface area (Å²) < 4.78 is 25.1. The predicted molar refractivity (Wildman–Crippen MR) is 67.8 cm³/mol. The number of aromatic nitrogens is 2. The van der Waals surface area contributed by atoms with Gasteiger partial charge in [0.2, 0.25) is 0 Å². The van der Waals surface area contributed by atoms with Crippen molar-refractivity contribution in [2.24, 2.45) is 7.05 Å². The van der Waals surface area contributed by atoms with Crippen LogP contribution in [0.2, 0.25) is 0 Å². The number of hydrogen-bond donors (Lipinski definition) is 1. The van der Waals surface area contributed by atoms with Crippen LogP contribution in [0.4, 0.5) is 5.69 Å². The highest BCUT2D eigenvalue weighted by Crippen LogP contribution is 2.28. The molecule has 1 aliphatic rings. The third-order valence-corrected chi connectivity index (χ3v) is 5.02. The maximum atomic E-state index is 11.7. The Morgan fingerprint density at radius 1 is 1.47 bits per heavy atom. The minimum Gasteiger partial charge on any atom is -0.378 e. The molecular weight excluding hydrogens is 238 g/mol. The molecule has 5 nitrogen and oxygen atoms in total. The fraction of sp³-hybridized carbons (Fsp3) is 0.727. The van der Waals surface area contributed by atoms with E-state index >= 15 is 0 Å². The second kappa shape index (κ2) is 4.33. The zero-order valence-electron chi connectivity index (χ0n) is 10.5. The summed E-state index contributed by atoms with van der Waals surface area (Å²) in [7, 11) is -1.11. The van der Waals surface area contributed by atoms with Gasteiger partial charge in [-0.2, -0.15) is 5.10 Å². The summed E-state index contributed by atoms with van der Waals surface area (Å²) >= 11 is 0. The molecule has 1 fully saturated rings. The largest absolute Gasteiger partial charge is 0.378 e. The van der Waals surface area contributed by atoms with E-state index in [9.17, 15) is 8.42 Å². The first kappa shape index (κ1) is 12.4. The van der Waals surface area contributed by atoms with Crippen molar-refractivity contribution in [2.45, 2.75) is 37.5 Å². The smallest absolute Gasteiger partial charge is 0.152 e. The molecule has 1 saturated carbocycles. The lowest BCUT2D eigenvalue weighted by Crippen LogP contribution is -2.34. The highest BCUT2D eigenvalue weighted by atomic mass is 32.2. The first-order valence-corrected chi connectivity index (χ1v) is 7.79. The highest BCUT2D eigenvalue weighted by molar-refractivity contribution is 7.91. The molecule has 1 aliphatic carbocycles. The van der Waals surface area contributed by atoms with Crippen molar-refractivity contribution >= 4 is 15.5 Å². The van der Waals surface area contributed by atoms with Crippen molar-refractivity contribution in [3.05, 3.63) is 11.9 Å². The first-order valence-electron chi connectivity index (χ1n) is 5.83. The fourth-order valence-electron chi connectivity index (χ4n) is 2.54. The number of sulfone groups is 1. The molecule has 6 heteroatoms. The van der Waals surface area contributed by atoms with E-state index in [1.54, 1.807) is 4.68 Å². The SMILES string of the molecule is Cc1nn(C)cc1NC1CCCC1S(C)(=O)=O. The number of rotatable bonds is 3. The molecule has 0 amide bonds. The molecule has 1 N–H and O–H groups in total. The predicted octanol–water partition coefficient (Wildman–Crippen LogP) is 1.11. The summed E-state index contributed by atoms with van der Waals surface area (Å²) in [4.78, 5) is 0. The van der Waals surface area contributed by atoms with Gasteiger partial charge in [0.1, 0.15) is 0 Å². The Morgan fingerprint density at radius 3 is 2.71 bits per heavy atom. The van der Waals surface area contributed by atoms with Crippen molar-refractivity contribution in [1.82, 2.24) is 9.78 Å². The maximum absolute atomic E-state index is 11.7. The van der Waals surface area contributed by atoms with Crippen LogP contribution in [0.25, 0.3) is 0 Å². The van der Waals surface area contributed by atoms with Gasteiger partial charge in [0.05, 0.1) is 16.6 Å². The highest BCUT2D eigenvalue weighted by Gasteiger charge is 2.35. The topological polar surface area (TPSA) is 64.0 Å². The maximum Gasteiger partial charge on any atom is 0.152 e. The Labute approximate surface area is 102 Å². The third-order valence-electron chi connectivity index (χ3n) is 3.36. The van der Waals surface area contributed by atoms with Gasteiger partial charge < -0.3 is 5.32 Å². The van der Waals surface area contributed by atoms with Crippen molar-refractivity contribution in [2.75, 3.05) is 11.6 Å². The summed E-state index contributed by atoms with van der Waals surface area (Å²) in [6.07, 6.45) is 5.86. The summed E-state index contributed by atoms with van der Waals surface area (Å²) in [5.41, 5.74) is 1.85. The van der Waals surface area contributed by atoms with E-state index in [0.29, 0.717) is 0 Å². The summed E-state index contributed by atoms with van der Waals surface area (Å²) in [5, 5.41) is 7.31. The molecule has 0 saturated heterocycles. The van der Waals surface area contributed by atoms with Crippen LogP contribution in [0.3, 0.4) is 0 Å². The van der Waals surface area contributed by atoms with Crippen LogP contribution in [0.1, 0.15) is 25.0 Å². The molecule has 0 spiro atoms. The van der Waals surface area contributed by atoms with Crippen molar-refractivity contribution in [3.63, 3.8) is 0 Å². The molecule has 0 radical (unpaired) electrons. The minimum absolute atomic E-state index is 0.0212. The Kier molecular flexibility index (Phi) is 3.16. The van der Waals surface area contributed by atoms with E-state index in [1.165, 1.54) is 6.26 Å². The van der Waals surface area contributed by atoms with Gasteiger partial charge in [-0.15, -0.1) is 0 Å². The summed E-state index contributed by atoms with van der Waals surface area (Å²) in [6.45, 7) is 1.92. The van der Waals surface area contributed by atoms with E-state index in [1.807, 2.05) is 20.2 Å². The van der Waals surface area contributed by atoms with Crippen molar-refractivity contribution < 1.29 is 8.42 Å². The Bertz CT molecular complexity index is 507. The molecule has 0 bridgehead atoms. The van der Waals surface area contributed by atoms with E-state index < -0.39 is 9.84 Å². The molecule has 1 aromatic rings. The molecule has 2 unspecified atom stereocenters. The fourth-order valence-corrected chi connectivity index (χ4v) is 3.94. The molecule has 0 aliphatic heterocycles. The van der Waals surface area contributed by atoms with Crippen LogP contribution in [0.5, 0.6) is 0 Å². The molecule has 17 heavy (non-hydrogen) atoms. The average Bonchev–Trinajstić information content (AvgIpc) is 2.74. The lowest BCUT2D eigenvalue weighted by Gasteiger charge is -2.20. The van der Waals surface area contributed by atoms with Crippen LogP contribution in [-0.2, 0) is 16.9 Å². The Hall–Kier alpha value is -1.04. The van der Waals surface area contributed by atoms with E-state index in [0.717, 1.165) is 30.6 Å². The molecule has 2 atom stereocenters. The number of nitrogens with one attached hydrogen (secondary N) is 1. The summed E-state index contributed by atoms with van der Waals surface area (Å²) in [6, 6.07) is 0.0212. The lowest BCUT2D eigenvalue weighted by atomic mass is 10.2. The van der Waals surface area contributed by atoms with Crippen LogP contribution < -0.4 is 5.32 Å². The quantitative estimate of drug-likeness (QED) is 0.881. The molecule has 2 rings (SSSR count). The molecule has 0 aromatic carbocycles. The van der Waals surface area contributed by atoms with Gasteiger partial charge >= 0.3 is 0 Å². The van der Waals surface area contributed by atoms with Gasteiger partial charge in [-0.05, 0) is 26.2 Å². The van der Waals surface area contributed by atoms with Gasteiger partial charge in [-0.3, -0.25) is 4.68 Å². The van der Waals surface area contributed by atoms with Crippen molar-refractivity contribution in [1.29, 1.82) is 0 Å². The standard InChI is InChI=1S/C11H19N3O2S/c1-8-10(7-14(2)13-8)12-9-5-4-6-11(9)17(3,15)16/h7,9,11-12H,4-6H2,1-3H3. The monoisotopic (exact) mass is 257 g/mol. The van der Waals surface area contributed by atoms with E-state index in [-0.39, 0.29) is 11.3 Å². The van der Waals surface area contributed by atoms with Crippen LogP contribution in [-0.4, -0.2) is 35.7 Å². The number of anilines is 1. The average molecular weight is 257 g/mol. The Balaban J connectivity index is 2.16. The Morgan fingerprint density at radius 2 is 2.18 bits per heavy atom. The molecule has 96 valence electrons. The van der Waals surface area contributed by atoms with Gasteiger partial charge in [0.15, 0.2) is 9.84 Å². The first-order chi connectivity index (χ1) is 7.88. The van der Waals surface area contributed by atoms with Gasteiger partial charge in [0.25, 0.3) is 0 Å². The zero-order valence-corrected chi connectivity index (χ0v) is 11.3. The van der Waals surface area contributed by atoms with Gasteiger partial charge in [-0.25, -0.2) is 8.42 Å². The molecule has 1 heterocycles. The summed E-state index contributed by atoms with van der Waals surface area (Å²) in [5.74, 6) is 0. The molecule has 1 aromatic heterocycles. The van der Waals surface area contributed by atoms with Crippen molar-refractivity contribution in [3.8, 4) is 0 Å². The third kappa shape index (κ3) is 2.62. The number of hydrogen-bond acceptors (Lipinski definition) is 4. The van der Waals surface area contributed by atoms with E-state index in [2.05, 4.69) is 10.4 Å². The minimum atomic E-state index is -2.97. The normalized spacial score (nSPS) is 25.1. The number of aryl methyl sites for hydroxylation is 2. The van der Waals surface area contributed by atoms with Gasteiger partial charge in [0, 0.05) is 25.5 Å². The molecular formula is C11H19N3O2S. The van der Waals surface area contributed by atoms with Crippen LogP contribution >= 0.6 is 0 Å². The van der Waals surface area contributed by atoms with Crippen LogP contribution in [0.15, 0.2) is 6.20 Å². The van der Waals surface area contributed by atoms with Crippen LogP contribution in [0, 0.1) is 6.92 Å². The second-order valence-electron chi connectivity index (χ2n) is 4.85. The lowest BCUT2D eigenvalue weighted by molar-refractivity contribution is 0.579. The second-order valence-corrected chi connectivity index (χ2v) is 7.12. The zero-order chi connectivity index (χ0) is 12.6. The number of nitrogens with zero attached hydrogens (tertiary/aromatic N) is 2. The van der Waals surface area contributed by atoms with Gasteiger partial charge in [-0.1, -0.05) is 0 Å². The van der Waals surface area contributed by atoms with E-state index in [4.69, 9.17) is 0 Å².